The van der Waals surface area contributed by atoms with E-state index in [1.165, 1.54) is 24.4 Å². The van der Waals surface area contributed by atoms with Crippen LogP contribution in [0.5, 0.6) is 0 Å². The van der Waals surface area contributed by atoms with Crippen molar-refractivity contribution < 1.29 is 9.59 Å². The fourth-order valence-electron chi connectivity index (χ4n) is 1.89. The van der Waals surface area contributed by atoms with Gasteiger partial charge < -0.3 is 16.4 Å². The molecule has 0 aliphatic heterocycles. The number of nitrogens with two attached hydrogens (primary N) is 1. The third-order valence-corrected chi connectivity index (χ3v) is 3.85. The van der Waals surface area contributed by atoms with Crippen molar-refractivity contribution in [1.29, 1.82) is 5.26 Å². The summed E-state index contributed by atoms with van der Waals surface area (Å²) in [6.45, 7) is 0. The van der Waals surface area contributed by atoms with Crippen molar-refractivity contribution in [2.24, 2.45) is 5.73 Å². The van der Waals surface area contributed by atoms with Gasteiger partial charge in [-0.1, -0.05) is 35.3 Å². The highest BCUT2D eigenvalue weighted by atomic mass is 35.5. The van der Waals surface area contributed by atoms with Crippen molar-refractivity contribution in [3.8, 4) is 6.07 Å². The fraction of sp³-hybridized carbons (Fsp3) is 0. The average molecular weight is 375 g/mol. The number of carbonyl (C=O) groups excluding carboxylic acids is 2. The predicted octanol–water partition coefficient (Wildman–Crippen LogP) is 3.55. The van der Waals surface area contributed by atoms with E-state index in [0.717, 1.165) is 0 Å². The first kappa shape index (κ1) is 18.3. The van der Waals surface area contributed by atoms with Gasteiger partial charge in [-0.05, 0) is 30.3 Å². The maximum Gasteiger partial charge on any atom is 0.267 e. The van der Waals surface area contributed by atoms with E-state index in [9.17, 15) is 14.9 Å². The Kier molecular flexibility index (Phi) is 6.01. The van der Waals surface area contributed by atoms with Gasteiger partial charge in [0.2, 0.25) is 0 Å². The maximum absolute atomic E-state index is 12.2. The highest BCUT2D eigenvalue weighted by Gasteiger charge is 2.11. The standard InChI is InChI=1S/C17H12Cl2N4O2/c18-13-6-5-11(7-14(13)19)23-17(25)10(8-20)9-22-15-4-2-1-3-12(15)16(21)24/h1-7,9,22H,(H2,21,24)(H,23,25)/b10-9-. The molecule has 2 aromatic rings. The summed E-state index contributed by atoms with van der Waals surface area (Å²) in [4.78, 5) is 23.5. The van der Waals surface area contributed by atoms with E-state index in [2.05, 4.69) is 10.6 Å². The molecule has 2 amide bonds. The molecular formula is C17H12Cl2N4O2. The molecule has 0 atom stereocenters. The summed E-state index contributed by atoms with van der Waals surface area (Å²) < 4.78 is 0. The fourth-order valence-corrected chi connectivity index (χ4v) is 2.19. The van der Waals surface area contributed by atoms with Crippen LogP contribution in [0.15, 0.2) is 54.2 Å². The molecule has 4 N–H and O–H groups in total. The predicted molar refractivity (Wildman–Crippen MR) is 97.4 cm³/mol. The average Bonchev–Trinajstić information content (AvgIpc) is 2.59. The maximum atomic E-state index is 12.2. The van der Waals surface area contributed by atoms with E-state index in [-0.39, 0.29) is 16.2 Å². The van der Waals surface area contributed by atoms with Gasteiger partial charge in [-0.25, -0.2) is 0 Å². The summed E-state index contributed by atoms with van der Waals surface area (Å²) in [5, 5.41) is 15.1. The van der Waals surface area contributed by atoms with Crippen molar-refractivity contribution in [3.63, 3.8) is 0 Å². The van der Waals surface area contributed by atoms with Crippen molar-refractivity contribution >= 4 is 46.4 Å². The molecule has 0 aliphatic rings. The molecule has 0 spiro atoms. The number of carbonyl (C=O) groups is 2. The molecule has 0 aromatic heterocycles. The van der Waals surface area contributed by atoms with E-state index in [0.29, 0.717) is 16.4 Å². The van der Waals surface area contributed by atoms with Gasteiger partial charge in [-0.2, -0.15) is 5.26 Å². The molecule has 2 rings (SSSR count). The number of primary amides is 1. The van der Waals surface area contributed by atoms with Crippen LogP contribution in [0.4, 0.5) is 11.4 Å². The van der Waals surface area contributed by atoms with E-state index in [1.54, 1.807) is 30.3 Å². The molecule has 0 heterocycles. The lowest BCUT2D eigenvalue weighted by atomic mass is 10.1. The Morgan fingerprint density at radius 2 is 1.84 bits per heavy atom. The molecule has 0 bridgehead atoms. The number of amides is 2. The van der Waals surface area contributed by atoms with Crippen LogP contribution in [0.25, 0.3) is 0 Å². The molecule has 126 valence electrons. The van der Waals surface area contributed by atoms with E-state index < -0.39 is 11.8 Å². The Bertz CT molecular complexity index is 904. The van der Waals surface area contributed by atoms with Gasteiger partial charge in [-0.15, -0.1) is 0 Å². The largest absolute Gasteiger partial charge is 0.366 e. The number of anilines is 2. The van der Waals surface area contributed by atoms with Crippen LogP contribution in [0.3, 0.4) is 0 Å². The molecule has 0 unspecified atom stereocenters. The van der Waals surface area contributed by atoms with Crippen LogP contribution in [0, 0.1) is 11.3 Å². The Morgan fingerprint density at radius 3 is 2.48 bits per heavy atom. The minimum Gasteiger partial charge on any atom is -0.366 e. The van der Waals surface area contributed by atoms with E-state index >= 15 is 0 Å². The van der Waals surface area contributed by atoms with Gasteiger partial charge in [0.15, 0.2) is 0 Å². The third-order valence-electron chi connectivity index (χ3n) is 3.11. The second-order valence-electron chi connectivity index (χ2n) is 4.81. The Labute approximate surface area is 153 Å². The van der Waals surface area contributed by atoms with Gasteiger partial charge in [0, 0.05) is 11.9 Å². The summed E-state index contributed by atoms with van der Waals surface area (Å²) in [5.74, 6) is -1.28. The first-order valence-electron chi connectivity index (χ1n) is 6.94. The first-order chi connectivity index (χ1) is 11.9. The number of nitrogens with zero attached hydrogens (tertiary/aromatic N) is 1. The zero-order valence-corrected chi connectivity index (χ0v) is 14.2. The topological polar surface area (TPSA) is 108 Å². The number of benzene rings is 2. The van der Waals surface area contributed by atoms with Crippen LogP contribution >= 0.6 is 23.2 Å². The lowest BCUT2D eigenvalue weighted by Crippen LogP contribution is -2.16. The van der Waals surface area contributed by atoms with Crippen molar-refractivity contribution in [3.05, 3.63) is 69.8 Å². The van der Waals surface area contributed by atoms with Crippen molar-refractivity contribution in [2.75, 3.05) is 10.6 Å². The van der Waals surface area contributed by atoms with E-state index in [4.69, 9.17) is 28.9 Å². The zero-order valence-electron chi connectivity index (χ0n) is 12.7. The van der Waals surface area contributed by atoms with E-state index in [1.807, 2.05) is 0 Å². The number of hydrogen-bond donors (Lipinski definition) is 3. The Hall–Kier alpha value is -3.01. The van der Waals surface area contributed by atoms with Crippen LogP contribution in [0.1, 0.15) is 10.4 Å². The van der Waals surface area contributed by atoms with Crippen LogP contribution in [0.2, 0.25) is 10.0 Å². The minimum atomic E-state index is -0.648. The van der Waals surface area contributed by atoms with Gasteiger partial charge >= 0.3 is 0 Å². The van der Waals surface area contributed by atoms with Crippen molar-refractivity contribution in [1.82, 2.24) is 0 Å². The minimum absolute atomic E-state index is 0.203. The number of nitrogens with one attached hydrogen (secondary N) is 2. The van der Waals surface area contributed by atoms with Gasteiger partial charge in [-0.3, -0.25) is 9.59 Å². The van der Waals surface area contributed by atoms with Crippen molar-refractivity contribution in [2.45, 2.75) is 0 Å². The summed E-state index contributed by atoms with van der Waals surface area (Å²) >= 11 is 11.7. The molecule has 0 saturated heterocycles. The Morgan fingerprint density at radius 1 is 1.12 bits per heavy atom. The lowest BCUT2D eigenvalue weighted by molar-refractivity contribution is -0.112. The smallest absolute Gasteiger partial charge is 0.267 e. The SMILES string of the molecule is N#C/C(=C/Nc1ccccc1C(N)=O)C(=O)Nc1ccc(Cl)c(Cl)c1. The van der Waals surface area contributed by atoms with Gasteiger partial charge in [0.1, 0.15) is 11.6 Å². The number of hydrogen-bond acceptors (Lipinski definition) is 4. The van der Waals surface area contributed by atoms with Gasteiger partial charge in [0.25, 0.3) is 11.8 Å². The molecule has 25 heavy (non-hydrogen) atoms. The highest BCUT2D eigenvalue weighted by Crippen LogP contribution is 2.25. The molecule has 0 aliphatic carbocycles. The molecule has 0 radical (unpaired) electrons. The molecule has 0 saturated carbocycles. The second kappa shape index (κ2) is 8.20. The molecule has 0 fully saturated rings. The monoisotopic (exact) mass is 374 g/mol. The number of nitriles is 1. The van der Waals surface area contributed by atoms with Crippen LogP contribution < -0.4 is 16.4 Å². The summed E-state index contributed by atoms with van der Waals surface area (Å²) in [5.41, 5.74) is 6.07. The summed E-state index contributed by atoms with van der Waals surface area (Å²) in [6, 6.07) is 12.8. The Balaban J connectivity index is 2.17. The quantitative estimate of drug-likeness (QED) is 0.549. The lowest BCUT2D eigenvalue weighted by Gasteiger charge is -2.08. The molecule has 6 nitrogen and oxygen atoms in total. The van der Waals surface area contributed by atoms with Crippen LogP contribution in [-0.4, -0.2) is 11.8 Å². The van der Waals surface area contributed by atoms with Gasteiger partial charge in [0.05, 0.1) is 21.3 Å². The van der Waals surface area contributed by atoms with Crippen LogP contribution in [-0.2, 0) is 4.79 Å². The third kappa shape index (κ3) is 4.73. The number of rotatable bonds is 5. The normalized spacial score (nSPS) is 10.7. The second-order valence-corrected chi connectivity index (χ2v) is 5.62. The first-order valence-corrected chi connectivity index (χ1v) is 7.70. The number of halogens is 2. The highest BCUT2D eigenvalue weighted by molar-refractivity contribution is 6.42. The number of para-hydroxylation sites is 1. The summed E-state index contributed by atoms with van der Waals surface area (Å²) in [6.07, 6.45) is 1.19. The molecule has 8 heteroatoms. The summed E-state index contributed by atoms with van der Waals surface area (Å²) in [7, 11) is 0. The zero-order chi connectivity index (χ0) is 18.4. The molecule has 2 aromatic carbocycles. The molecular weight excluding hydrogens is 363 g/mol.